The number of hydrogen-bond acceptors (Lipinski definition) is 7. The third-order valence-electron chi connectivity index (χ3n) is 4.11. The van der Waals surface area contributed by atoms with Gasteiger partial charge in [-0.15, -0.1) is 10.2 Å². The second-order valence-electron chi connectivity index (χ2n) is 5.96. The van der Waals surface area contributed by atoms with Gasteiger partial charge in [0.2, 0.25) is 5.78 Å². The summed E-state index contributed by atoms with van der Waals surface area (Å²) in [6.45, 7) is 1.74. The van der Waals surface area contributed by atoms with Crippen molar-refractivity contribution in [2.45, 2.75) is 6.92 Å². The van der Waals surface area contributed by atoms with E-state index in [1.807, 2.05) is 12.1 Å². The number of carboxylic acid groups (broad SMARTS) is 1. The van der Waals surface area contributed by atoms with Crippen molar-refractivity contribution in [3.05, 3.63) is 63.9 Å². The van der Waals surface area contributed by atoms with Gasteiger partial charge in [-0.25, -0.2) is 4.98 Å². The topological polar surface area (TPSA) is 141 Å². The van der Waals surface area contributed by atoms with Crippen molar-refractivity contribution in [3.63, 3.8) is 0 Å². The summed E-state index contributed by atoms with van der Waals surface area (Å²) in [6.07, 6.45) is 0. The number of carbonyl (C=O) groups excluding carboxylic acids is 1. The molecule has 0 unspecified atom stereocenters. The number of para-hydroxylation sites is 2. The Balaban J connectivity index is 0.00000225. The first-order valence-electron chi connectivity index (χ1n) is 7.98. The maximum atomic E-state index is 12.4. The number of anilines is 1. The summed E-state index contributed by atoms with van der Waals surface area (Å²) in [5.74, 6) is -1.05. The largest absolute Gasteiger partial charge is 1.00 e. The van der Waals surface area contributed by atoms with E-state index in [2.05, 4.69) is 20.2 Å². The van der Waals surface area contributed by atoms with Crippen LogP contribution in [0.1, 0.15) is 15.9 Å². The number of nitrogens with zero attached hydrogens (tertiary/aromatic N) is 4. The summed E-state index contributed by atoms with van der Waals surface area (Å²) in [5, 5.41) is 19.1. The average Bonchev–Trinajstić information content (AvgIpc) is 3.00. The van der Waals surface area contributed by atoms with Crippen molar-refractivity contribution in [2.24, 2.45) is 10.2 Å². The number of azo groups is 1. The van der Waals surface area contributed by atoms with Crippen molar-refractivity contribution in [1.82, 2.24) is 14.4 Å². The van der Waals surface area contributed by atoms with Gasteiger partial charge in [-0.2, -0.15) is 0 Å². The molecule has 0 saturated carbocycles. The smallest absolute Gasteiger partial charge is 0.545 e. The van der Waals surface area contributed by atoms with Crippen LogP contribution in [0.3, 0.4) is 0 Å². The number of nitrogens with two attached hydrogens (primary N) is 1. The standard InChI is InChI=1S/C18H14N6O3.Na/c1-9-6-7-11(10(8-9)17(26)27)22-23-14-15(19)24-13-5-3-2-4-12(13)20-18(24)21-16(14)25;/h2-8H,19H2,1H3,(H,26,27)(H,20,21,25);/q;+1/p-1. The summed E-state index contributed by atoms with van der Waals surface area (Å²) in [4.78, 5) is 30.6. The first kappa shape index (κ1) is 19.7. The minimum Gasteiger partial charge on any atom is -0.545 e. The van der Waals surface area contributed by atoms with Crippen molar-refractivity contribution in [3.8, 4) is 0 Å². The number of aromatic nitrogens is 3. The normalized spacial score (nSPS) is 11.2. The molecule has 0 bridgehead atoms. The van der Waals surface area contributed by atoms with Crippen LogP contribution < -0.4 is 46.0 Å². The van der Waals surface area contributed by atoms with Gasteiger partial charge >= 0.3 is 29.6 Å². The third-order valence-corrected chi connectivity index (χ3v) is 4.11. The number of nitrogens with one attached hydrogen (secondary N) is 1. The molecule has 9 nitrogen and oxygen atoms in total. The number of aromatic amines is 1. The Hall–Kier alpha value is -3.01. The Labute approximate surface area is 180 Å². The van der Waals surface area contributed by atoms with Crippen LogP contribution >= 0.6 is 0 Å². The molecule has 0 saturated heterocycles. The summed E-state index contributed by atoms with van der Waals surface area (Å²) in [7, 11) is 0. The number of H-pyrrole nitrogens is 1. The van der Waals surface area contributed by atoms with E-state index in [-0.39, 0.29) is 58.1 Å². The molecule has 0 amide bonds. The molecule has 2 heterocycles. The zero-order valence-corrected chi connectivity index (χ0v) is 17.1. The number of nitrogen functional groups attached to an aromatic ring is 1. The fourth-order valence-corrected chi connectivity index (χ4v) is 2.84. The SMILES string of the molecule is Cc1ccc(N=Nc2c(N)n3c(nc4ccccc43)[nH]c2=O)c(C(=O)[O-])c1.[Na+]. The minimum absolute atomic E-state index is 0. The molecule has 0 atom stereocenters. The van der Waals surface area contributed by atoms with Gasteiger partial charge in [-0.3, -0.25) is 14.2 Å². The van der Waals surface area contributed by atoms with Crippen molar-refractivity contribution in [2.75, 3.05) is 5.73 Å². The number of fused-ring (bicyclic) bond motifs is 3. The zero-order chi connectivity index (χ0) is 19.1. The molecular formula is C18H13N6NaO3. The molecule has 4 rings (SSSR count). The third kappa shape index (κ3) is 3.31. The number of carboxylic acids is 1. The molecule has 3 N–H and O–H groups in total. The van der Waals surface area contributed by atoms with Crippen LogP contribution in [-0.4, -0.2) is 20.3 Å². The Kier molecular flexibility index (Phi) is 5.32. The molecule has 0 radical (unpaired) electrons. The molecule has 2 aromatic heterocycles. The predicted octanol–water partition coefficient (Wildman–Crippen LogP) is -1.15. The molecule has 0 aliphatic carbocycles. The summed E-state index contributed by atoms with van der Waals surface area (Å²) in [5.41, 5.74) is 7.44. The Morgan fingerprint density at radius 2 is 1.96 bits per heavy atom. The van der Waals surface area contributed by atoms with Gasteiger partial charge in [-0.1, -0.05) is 23.8 Å². The minimum atomic E-state index is -1.38. The number of aryl methyl sites for hydroxylation is 1. The predicted molar refractivity (Wildman–Crippen MR) is 97.4 cm³/mol. The van der Waals surface area contributed by atoms with Gasteiger partial charge < -0.3 is 15.6 Å². The van der Waals surface area contributed by atoms with Crippen LogP contribution in [-0.2, 0) is 0 Å². The summed E-state index contributed by atoms with van der Waals surface area (Å²) < 4.78 is 1.56. The maximum absolute atomic E-state index is 12.4. The Morgan fingerprint density at radius 3 is 2.71 bits per heavy atom. The van der Waals surface area contributed by atoms with E-state index >= 15 is 0 Å². The van der Waals surface area contributed by atoms with Crippen molar-refractivity contribution < 1.29 is 39.5 Å². The number of carbonyl (C=O) groups is 1. The number of rotatable bonds is 3. The first-order chi connectivity index (χ1) is 13.0. The molecule has 0 aliphatic heterocycles. The molecule has 134 valence electrons. The van der Waals surface area contributed by atoms with E-state index in [0.29, 0.717) is 11.0 Å². The van der Waals surface area contributed by atoms with E-state index in [4.69, 9.17) is 5.73 Å². The van der Waals surface area contributed by atoms with Crippen LogP contribution in [0.2, 0.25) is 0 Å². The van der Waals surface area contributed by atoms with E-state index in [9.17, 15) is 14.7 Å². The van der Waals surface area contributed by atoms with Crippen LogP contribution in [0.25, 0.3) is 16.8 Å². The van der Waals surface area contributed by atoms with Crippen LogP contribution in [0, 0.1) is 6.92 Å². The van der Waals surface area contributed by atoms with E-state index in [1.165, 1.54) is 12.1 Å². The van der Waals surface area contributed by atoms with E-state index in [0.717, 1.165) is 5.56 Å². The number of aromatic carboxylic acids is 1. The van der Waals surface area contributed by atoms with Gasteiger partial charge in [0.25, 0.3) is 5.56 Å². The number of hydrogen-bond donors (Lipinski definition) is 2. The number of benzene rings is 2. The average molecular weight is 384 g/mol. The second kappa shape index (κ2) is 7.55. The zero-order valence-electron chi connectivity index (χ0n) is 15.1. The Morgan fingerprint density at radius 1 is 1.21 bits per heavy atom. The molecule has 0 spiro atoms. The molecule has 10 heteroatoms. The Bertz CT molecular complexity index is 1310. The van der Waals surface area contributed by atoms with Gasteiger partial charge in [0.1, 0.15) is 5.82 Å². The maximum Gasteiger partial charge on any atom is 1.00 e. The molecule has 28 heavy (non-hydrogen) atoms. The molecule has 0 aliphatic rings. The molecule has 0 fully saturated rings. The fourth-order valence-electron chi connectivity index (χ4n) is 2.84. The van der Waals surface area contributed by atoms with Crippen molar-refractivity contribution in [1.29, 1.82) is 0 Å². The molecule has 2 aromatic carbocycles. The van der Waals surface area contributed by atoms with Crippen LogP contribution in [0.15, 0.2) is 57.5 Å². The first-order valence-corrected chi connectivity index (χ1v) is 7.98. The summed E-state index contributed by atoms with van der Waals surface area (Å²) >= 11 is 0. The fraction of sp³-hybridized carbons (Fsp3) is 0.0556. The summed E-state index contributed by atoms with van der Waals surface area (Å²) in [6, 6.07) is 11.8. The number of imidazole rings is 1. The van der Waals surface area contributed by atoms with Gasteiger partial charge in [0.15, 0.2) is 5.69 Å². The van der Waals surface area contributed by atoms with Crippen LogP contribution in [0.5, 0.6) is 0 Å². The monoisotopic (exact) mass is 384 g/mol. The quantitative estimate of drug-likeness (QED) is 0.339. The van der Waals surface area contributed by atoms with Gasteiger partial charge in [-0.05, 0) is 31.2 Å². The van der Waals surface area contributed by atoms with Gasteiger partial charge in [0.05, 0.1) is 22.7 Å². The van der Waals surface area contributed by atoms with Crippen LogP contribution in [0.4, 0.5) is 17.2 Å². The second-order valence-corrected chi connectivity index (χ2v) is 5.96. The van der Waals surface area contributed by atoms with Gasteiger partial charge in [0, 0.05) is 5.56 Å². The van der Waals surface area contributed by atoms with Crippen molar-refractivity contribution >= 4 is 40.0 Å². The molecule has 4 aromatic rings. The van der Waals surface area contributed by atoms with E-state index < -0.39 is 11.5 Å². The molecular weight excluding hydrogens is 371 g/mol. The van der Waals surface area contributed by atoms with E-state index in [1.54, 1.807) is 29.5 Å².